The van der Waals surface area contributed by atoms with Crippen LogP contribution in [0.4, 0.5) is 10.6 Å². The molecule has 1 N–H and O–H groups in total. The molecule has 1 saturated heterocycles. The first kappa shape index (κ1) is 18.1. The van der Waals surface area contributed by atoms with Gasteiger partial charge in [0.2, 0.25) is 0 Å². The van der Waals surface area contributed by atoms with Crippen molar-refractivity contribution in [1.29, 1.82) is 0 Å². The van der Waals surface area contributed by atoms with Crippen LogP contribution in [0.25, 0.3) is 16.6 Å². The summed E-state index contributed by atoms with van der Waals surface area (Å²) in [6.45, 7) is 4.07. The van der Waals surface area contributed by atoms with Crippen molar-refractivity contribution in [1.82, 2.24) is 19.6 Å². The van der Waals surface area contributed by atoms with Gasteiger partial charge in [-0.3, -0.25) is 0 Å². The summed E-state index contributed by atoms with van der Waals surface area (Å²) in [4.78, 5) is 32.7. The molecule has 1 fully saturated rings. The highest BCUT2D eigenvalue weighted by Gasteiger charge is 2.26. The van der Waals surface area contributed by atoms with Gasteiger partial charge >= 0.3 is 12.0 Å². The van der Waals surface area contributed by atoms with E-state index in [4.69, 9.17) is 4.98 Å². The SMILES string of the molecule is COC(=O)[C@@H](C)NC(=O)N1CCN(c2nc3ccccc3n3cccc23)CC1. The molecular formula is C20H23N5O3. The summed E-state index contributed by atoms with van der Waals surface area (Å²) < 4.78 is 6.80. The van der Waals surface area contributed by atoms with Crippen LogP contribution in [0, 0.1) is 0 Å². The molecule has 8 nitrogen and oxygen atoms in total. The van der Waals surface area contributed by atoms with E-state index in [9.17, 15) is 9.59 Å². The average molecular weight is 381 g/mol. The maximum absolute atomic E-state index is 12.4. The van der Waals surface area contributed by atoms with Crippen molar-refractivity contribution in [3.8, 4) is 0 Å². The van der Waals surface area contributed by atoms with Crippen LogP contribution in [-0.4, -0.2) is 65.6 Å². The molecule has 4 rings (SSSR count). The third kappa shape index (κ3) is 3.21. The first-order valence-electron chi connectivity index (χ1n) is 9.32. The zero-order valence-corrected chi connectivity index (χ0v) is 16.0. The molecule has 0 bridgehead atoms. The topological polar surface area (TPSA) is 79.2 Å². The summed E-state index contributed by atoms with van der Waals surface area (Å²) in [7, 11) is 1.31. The molecule has 0 unspecified atom stereocenters. The number of anilines is 1. The number of urea groups is 1. The zero-order valence-electron chi connectivity index (χ0n) is 16.0. The van der Waals surface area contributed by atoms with E-state index in [0.717, 1.165) is 22.4 Å². The van der Waals surface area contributed by atoms with Crippen molar-refractivity contribution in [3.05, 3.63) is 42.6 Å². The van der Waals surface area contributed by atoms with Gasteiger partial charge in [-0.1, -0.05) is 12.1 Å². The Morgan fingerprint density at radius 2 is 1.79 bits per heavy atom. The van der Waals surface area contributed by atoms with Crippen molar-refractivity contribution in [2.75, 3.05) is 38.2 Å². The molecule has 3 heterocycles. The number of methoxy groups -OCH3 is 1. The zero-order chi connectivity index (χ0) is 19.7. The highest BCUT2D eigenvalue weighted by Crippen LogP contribution is 2.26. The number of rotatable bonds is 3. The summed E-state index contributed by atoms with van der Waals surface area (Å²) in [5.41, 5.74) is 3.06. The lowest BCUT2D eigenvalue weighted by molar-refractivity contribution is -0.142. The number of carbonyl (C=O) groups excluding carboxylic acids is 2. The molecule has 0 radical (unpaired) electrons. The van der Waals surface area contributed by atoms with E-state index >= 15 is 0 Å². The molecule has 3 aromatic rings. The number of esters is 1. The minimum Gasteiger partial charge on any atom is -0.467 e. The lowest BCUT2D eigenvalue weighted by atomic mass is 10.2. The normalized spacial score (nSPS) is 15.6. The van der Waals surface area contributed by atoms with Crippen molar-refractivity contribution < 1.29 is 14.3 Å². The molecule has 1 atom stereocenters. The van der Waals surface area contributed by atoms with Crippen LogP contribution >= 0.6 is 0 Å². The number of aromatic nitrogens is 2. The monoisotopic (exact) mass is 381 g/mol. The molecule has 2 aromatic heterocycles. The molecule has 0 saturated carbocycles. The van der Waals surface area contributed by atoms with Crippen LogP contribution in [-0.2, 0) is 9.53 Å². The molecular weight excluding hydrogens is 358 g/mol. The smallest absolute Gasteiger partial charge is 0.328 e. The second-order valence-corrected chi connectivity index (χ2v) is 6.86. The van der Waals surface area contributed by atoms with E-state index in [-0.39, 0.29) is 6.03 Å². The molecule has 0 spiro atoms. The third-order valence-corrected chi connectivity index (χ3v) is 5.11. The van der Waals surface area contributed by atoms with Gasteiger partial charge in [-0.15, -0.1) is 0 Å². The van der Waals surface area contributed by atoms with Gasteiger partial charge in [0.15, 0.2) is 5.82 Å². The van der Waals surface area contributed by atoms with Crippen molar-refractivity contribution in [2.24, 2.45) is 0 Å². The number of para-hydroxylation sites is 2. The minimum absolute atomic E-state index is 0.253. The Morgan fingerprint density at radius 1 is 1.07 bits per heavy atom. The number of amides is 2. The molecule has 8 heteroatoms. The average Bonchev–Trinajstić information content (AvgIpc) is 3.23. The number of hydrogen-bond acceptors (Lipinski definition) is 5. The van der Waals surface area contributed by atoms with Crippen LogP contribution in [0.3, 0.4) is 0 Å². The summed E-state index contributed by atoms with van der Waals surface area (Å²) in [5, 5.41) is 2.68. The fourth-order valence-electron chi connectivity index (χ4n) is 3.57. The number of benzene rings is 1. The van der Waals surface area contributed by atoms with Crippen molar-refractivity contribution >= 4 is 34.4 Å². The molecule has 0 aliphatic carbocycles. The second-order valence-electron chi connectivity index (χ2n) is 6.86. The lowest BCUT2D eigenvalue weighted by Crippen LogP contribution is -2.54. The first-order valence-corrected chi connectivity index (χ1v) is 9.32. The van der Waals surface area contributed by atoms with Gasteiger partial charge in [0.05, 0.1) is 23.7 Å². The van der Waals surface area contributed by atoms with E-state index in [0.29, 0.717) is 26.2 Å². The van der Waals surface area contributed by atoms with Crippen LogP contribution in [0.1, 0.15) is 6.92 Å². The maximum Gasteiger partial charge on any atom is 0.328 e. The standard InChI is InChI=1S/C20H23N5O3/c1-14(19(26)28-2)21-20(27)24-12-10-23(11-13-24)18-17-8-5-9-25(17)16-7-4-3-6-15(16)22-18/h3-9,14H,10-13H2,1-2H3,(H,21,27)/t14-/m1/s1. The molecule has 2 amide bonds. The molecule has 1 aliphatic rings. The fourth-order valence-corrected chi connectivity index (χ4v) is 3.57. The predicted molar refractivity (Wildman–Crippen MR) is 106 cm³/mol. The van der Waals surface area contributed by atoms with Crippen LogP contribution < -0.4 is 10.2 Å². The number of hydrogen-bond donors (Lipinski definition) is 1. The highest BCUT2D eigenvalue weighted by atomic mass is 16.5. The Hall–Kier alpha value is -3.29. The van der Waals surface area contributed by atoms with Crippen LogP contribution in [0.2, 0.25) is 0 Å². The Bertz CT molecular complexity index is 1020. The summed E-state index contributed by atoms with van der Waals surface area (Å²) in [6, 6.07) is 11.2. The molecule has 1 aromatic carbocycles. The highest BCUT2D eigenvalue weighted by molar-refractivity contribution is 5.86. The van der Waals surface area contributed by atoms with Gasteiger partial charge in [-0.05, 0) is 31.2 Å². The van der Waals surface area contributed by atoms with Crippen molar-refractivity contribution in [3.63, 3.8) is 0 Å². The molecule has 146 valence electrons. The van der Waals surface area contributed by atoms with Gasteiger partial charge in [-0.2, -0.15) is 0 Å². The number of nitrogens with zero attached hydrogens (tertiary/aromatic N) is 4. The number of ether oxygens (including phenoxy) is 1. The summed E-state index contributed by atoms with van der Waals surface area (Å²) in [5.74, 6) is 0.467. The van der Waals surface area contributed by atoms with E-state index in [1.54, 1.807) is 11.8 Å². The Balaban J connectivity index is 1.50. The van der Waals surface area contributed by atoms with Gasteiger partial charge in [0.1, 0.15) is 6.04 Å². The van der Waals surface area contributed by atoms with Gasteiger partial charge in [0.25, 0.3) is 0 Å². The minimum atomic E-state index is -0.668. The third-order valence-electron chi connectivity index (χ3n) is 5.11. The number of fused-ring (bicyclic) bond motifs is 3. The predicted octanol–water partition coefficient (Wildman–Crippen LogP) is 1.88. The van der Waals surface area contributed by atoms with E-state index in [2.05, 4.69) is 31.5 Å². The van der Waals surface area contributed by atoms with Gasteiger partial charge < -0.3 is 24.3 Å². The number of nitrogens with one attached hydrogen (secondary N) is 1. The van der Waals surface area contributed by atoms with Crippen LogP contribution in [0.5, 0.6) is 0 Å². The van der Waals surface area contributed by atoms with Crippen molar-refractivity contribution in [2.45, 2.75) is 13.0 Å². The van der Waals surface area contributed by atoms with E-state index in [1.165, 1.54) is 7.11 Å². The largest absolute Gasteiger partial charge is 0.467 e. The Kier molecular flexibility index (Phi) is 4.77. The summed E-state index contributed by atoms with van der Waals surface area (Å²) in [6.07, 6.45) is 2.04. The quantitative estimate of drug-likeness (QED) is 0.701. The first-order chi connectivity index (χ1) is 13.6. The van der Waals surface area contributed by atoms with Gasteiger partial charge in [-0.25, -0.2) is 14.6 Å². The second kappa shape index (κ2) is 7.38. The Morgan fingerprint density at radius 3 is 2.54 bits per heavy atom. The number of carbonyl (C=O) groups is 2. The Labute approximate surface area is 162 Å². The molecule has 28 heavy (non-hydrogen) atoms. The van der Waals surface area contributed by atoms with E-state index in [1.807, 2.05) is 30.5 Å². The fraction of sp³-hybridized carbons (Fsp3) is 0.350. The van der Waals surface area contributed by atoms with Crippen LogP contribution in [0.15, 0.2) is 42.6 Å². The maximum atomic E-state index is 12.4. The van der Waals surface area contributed by atoms with E-state index < -0.39 is 12.0 Å². The number of piperazine rings is 1. The molecule has 1 aliphatic heterocycles. The lowest BCUT2D eigenvalue weighted by Gasteiger charge is -2.36. The van der Waals surface area contributed by atoms with Gasteiger partial charge in [0, 0.05) is 32.4 Å². The summed E-state index contributed by atoms with van der Waals surface area (Å²) >= 11 is 0.